The van der Waals surface area contributed by atoms with Crippen molar-refractivity contribution in [2.24, 2.45) is 11.8 Å². The smallest absolute Gasteiger partial charge is 0.378 e. The number of alkyl halides is 4. The molecule has 19 heavy (non-hydrogen) atoms. The van der Waals surface area contributed by atoms with Gasteiger partial charge in [-0.05, 0) is 19.3 Å². The minimum atomic E-state index is -4.19. The summed E-state index contributed by atoms with van der Waals surface area (Å²) in [7, 11) is 0. The van der Waals surface area contributed by atoms with Crippen molar-refractivity contribution in [2.75, 3.05) is 25.6 Å². The van der Waals surface area contributed by atoms with E-state index in [0.717, 1.165) is 0 Å². The molecule has 2 atom stereocenters. The van der Waals surface area contributed by atoms with Crippen molar-refractivity contribution in [3.05, 3.63) is 0 Å². The fourth-order valence-corrected chi connectivity index (χ4v) is 2.38. The first-order valence-electron chi connectivity index (χ1n) is 6.43. The second kappa shape index (κ2) is 7.94. The maximum absolute atomic E-state index is 12.6. The summed E-state index contributed by atoms with van der Waals surface area (Å²) in [6.45, 7) is 1.04. The zero-order valence-electron chi connectivity index (χ0n) is 10.6. The first-order chi connectivity index (χ1) is 8.95. The molecule has 0 aromatic carbocycles. The number of carbonyl (C=O) groups excluding carboxylic acids is 1. The van der Waals surface area contributed by atoms with Crippen molar-refractivity contribution < 1.29 is 22.7 Å². The summed E-state index contributed by atoms with van der Waals surface area (Å²) >= 11 is 5.40. The monoisotopic (exact) mass is 301 g/mol. The van der Waals surface area contributed by atoms with E-state index in [4.69, 9.17) is 16.3 Å². The SMILES string of the molecule is O=C(NCCOCCCl)C1CCCC(C(F)(F)F)C1. The number of nitrogens with one attached hydrogen (secondary N) is 1. The Labute approximate surface area is 115 Å². The Bertz CT molecular complexity index is 287. The van der Waals surface area contributed by atoms with Gasteiger partial charge in [0.25, 0.3) is 0 Å². The van der Waals surface area contributed by atoms with Crippen molar-refractivity contribution >= 4 is 17.5 Å². The molecule has 0 spiro atoms. The first-order valence-corrected chi connectivity index (χ1v) is 6.96. The number of hydrogen-bond acceptors (Lipinski definition) is 2. The predicted octanol–water partition coefficient (Wildman–Crippen LogP) is 2.73. The summed E-state index contributed by atoms with van der Waals surface area (Å²) in [5, 5.41) is 2.61. The van der Waals surface area contributed by atoms with Gasteiger partial charge < -0.3 is 10.1 Å². The fourth-order valence-electron chi connectivity index (χ4n) is 2.27. The highest BCUT2D eigenvalue weighted by Crippen LogP contribution is 2.39. The van der Waals surface area contributed by atoms with E-state index in [0.29, 0.717) is 38.5 Å². The molecule has 0 aromatic rings. The van der Waals surface area contributed by atoms with Crippen LogP contribution in [-0.4, -0.2) is 37.7 Å². The highest BCUT2D eigenvalue weighted by molar-refractivity contribution is 6.17. The van der Waals surface area contributed by atoms with E-state index in [9.17, 15) is 18.0 Å². The minimum Gasteiger partial charge on any atom is -0.378 e. The standard InChI is InChI=1S/C12H19ClF3NO2/c13-4-6-19-7-5-17-11(18)9-2-1-3-10(8-9)12(14,15)16/h9-10H,1-8H2,(H,17,18). The van der Waals surface area contributed by atoms with Crippen LogP contribution in [0.1, 0.15) is 25.7 Å². The van der Waals surface area contributed by atoms with E-state index < -0.39 is 18.0 Å². The largest absolute Gasteiger partial charge is 0.391 e. The van der Waals surface area contributed by atoms with Gasteiger partial charge in [0.2, 0.25) is 5.91 Å². The van der Waals surface area contributed by atoms with Crippen molar-refractivity contribution in [2.45, 2.75) is 31.9 Å². The van der Waals surface area contributed by atoms with Gasteiger partial charge in [0.05, 0.1) is 19.1 Å². The lowest BCUT2D eigenvalue weighted by Gasteiger charge is -2.29. The van der Waals surface area contributed by atoms with Gasteiger partial charge in [0, 0.05) is 18.3 Å². The summed E-state index contributed by atoms with van der Waals surface area (Å²) < 4.78 is 42.9. The molecule has 1 N–H and O–H groups in total. The molecule has 0 saturated heterocycles. The Morgan fingerprint density at radius 2 is 2.05 bits per heavy atom. The highest BCUT2D eigenvalue weighted by atomic mass is 35.5. The molecule has 1 aliphatic rings. The number of ether oxygens (including phenoxy) is 1. The summed E-state index contributed by atoms with van der Waals surface area (Å²) in [5.41, 5.74) is 0. The molecular weight excluding hydrogens is 283 g/mol. The third-order valence-corrected chi connectivity index (χ3v) is 3.43. The molecule has 2 unspecified atom stereocenters. The Hall–Kier alpha value is -0.490. The third kappa shape index (κ3) is 5.99. The zero-order valence-corrected chi connectivity index (χ0v) is 11.4. The number of amides is 1. The van der Waals surface area contributed by atoms with Crippen molar-refractivity contribution in [1.82, 2.24) is 5.32 Å². The van der Waals surface area contributed by atoms with E-state index in [1.807, 2.05) is 0 Å². The van der Waals surface area contributed by atoms with Crippen LogP contribution >= 0.6 is 11.6 Å². The summed E-state index contributed by atoms with van der Waals surface area (Å²) in [4.78, 5) is 11.7. The van der Waals surface area contributed by atoms with Crippen molar-refractivity contribution in [1.29, 1.82) is 0 Å². The van der Waals surface area contributed by atoms with Gasteiger partial charge in [-0.25, -0.2) is 0 Å². The van der Waals surface area contributed by atoms with Crippen LogP contribution in [0.25, 0.3) is 0 Å². The van der Waals surface area contributed by atoms with Crippen LogP contribution in [-0.2, 0) is 9.53 Å². The van der Waals surface area contributed by atoms with E-state index >= 15 is 0 Å². The molecule has 0 aromatic heterocycles. The van der Waals surface area contributed by atoms with Crippen molar-refractivity contribution in [3.8, 4) is 0 Å². The van der Waals surface area contributed by atoms with E-state index in [-0.39, 0.29) is 18.7 Å². The molecule has 112 valence electrons. The number of halogens is 4. The summed E-state index contributed by atoms with van der Waals surface area (Å²) in [6, 6.07) is 0. The number of carbonyl (C=O) groups is 1. The molecule has 7 heteroatoms. The van der Waals surface area contributed by atoms with Crippen molar-refractivity contribution in [3.63, 3.8) is 0 Å². The zero-order chi connectivity index (χ0) is 14.3. The summed E-state index contributed by atoms with van der Waals surface area (Å²) in [5.74, 6) is -1.80. The minimum absolute atomic E-state index is 0.0993. The van der Waals surface area contributed by atoms with Gasteiger partial charge in [0.1, 0.15) is 0 Å². The van der Waals surface area contributed by atoms with Crippen LogP contribution in [0, 0.1) is 11.8 Å². The van der Waals surface area contributed by atoms with Crippen LogP contribution in [0.2, 0.25) is 0 Å². The normalized spacial score (nSPS) is 24.2. The lowest BCUT2D eigenvalue weighted by molar-refractivity contribution is -0.186. The summed E-state index contributed by atoms with van der Waals surface area (Å²) in [6.07, 6.45) is -3.18. The number of rotatable bonds is 6. The molecule has 1 fully saturated rings. The lowest BCUT2D eigenvalue weighted by atomic mass is 9.80. The quantitative estimate of drug-likeness (QED) is 0.605. The molecule has 1 saturated carbocycles. The predicted molar refractivity (Wildman–Crippen MR) is 66.1 cm³/mol. The average Bonchev–Trinajstić information content (AvgIpc) is 2.37. The van der Waals surface area contributed by atoms with Gasteiger partial charge in [-0.15, -0.1) is 11.6 Å². The van der Waals surface area contributed by atoms with Crippen LogP contribution in [0.4, 0.5) is 13.2 Å². The van der Waals surface area contributed by atoms with Gasteiger partial charge in [-0.3, -0.25) is 4.79 Å². The van der Waals surface area contributed by atoms with Crippen LogP contribution in [0.15, 0.2) is 0 Å². The molecule has 1 rings (SSSR count). The molecule has 0 heterocycles. The molecule has 0 radical (unpaired) electrons. The maximum Gasteiger partial charge on any atom is 0.391 e. The third-order valence-electron chi connectivity index (χ3n) is 3.28. The maximum atomic E-state index is 12.6. The Kier molecular flexibility index (Phi) is 6.93. The molecule has 0 aliphatic heterocycles. The first kappa shape index (κ1) is 16.6. The molecular formula is C12H19ClF3NO2. The molecule has 3 nitrogen and oxygen atoms in total. The average molecular weight is 302 g/mol. The molecule has 1 amide bonds. The Morgan fingerprint density at radius 1 is 1.32 bits per heavy atom. The highest BCUT2D eigenvalue weighted by Gasteiger charge is 2.43. The Balaban J connectivity index is 2.28. The second-order valence-electron chi connectivity index (χ2n) is 4.69. The van der Waals surface area contributed by atoms with Gasteiger partial charge >= 0.3 is 6.18 Å². The van der Waals surface area contributed by atoms with Gasteiger partial charge in [-0.1, -0.05) is 6.42 Å². The van der Waals surface area contributed by atoms with E-state index in [1.165, 1.54) is 0 Å². The second-order valence-corrected chi connectivity index (χ2v) is 5.07. The Morgan fingerprint density at radius 3 is 2.68 bits per heavy atom. The number of hydrogen-bond donors (Lipinski definition) is 1. The van der Waals surface area contributed by atoms with Gasteiger partial charge in [-0.2, -0.15) is 13.2 Å². The lowest BCUT2D eigenvalue weighted by Crippen LogP contribution is -2.38. The van der Waals surface area contributed by atoms with Crippen LogP contribution in [0.3, 0.4) is 0 Å². The van der Waals surface area contributed by atoms with Crippen LogP contribution < -0.4 is 5.32 Å². The molecule has 1 aliphatic carbocycles. The topological polar surface area (TPSA) is 38.3 Å². The van der Waals surface area contributed by atoms with Crippen LogP contribution in [0.5, 0.6) is 0 Å². The van der Waals surface area contributed by atoms with Gasteiger partial charge in [0.15, 0.2) is 0 Å². The van der Waals surface area contributed by atoms with E-state index in [1.54, 1.807) is 0 Å². The molecule has 0 bridgehead atoms. The van der Waals surface area contributed by atoms with E-state index in [2.05, 4.69) is 5.32 Å². The fraction of sp³-hybridized carbons (Fsp3) is 0.917.